The molecule has 1 aliphatic rings. The highest BCUT2D eigenvalue weighted by Gasteiger charge is 2.26. The van der Waals surface area contributed by atoms with E-state index in [1.807, 2.05) is 6.07 Å². The van der Waals surface area contributed by atoms with E-state index in [0.29, 0.717) is 5.82 Å². The molecule has 0 unspecified atom stereocenters. The van der Waals surface area contributed by atoms with Crippen molar-refractivity contribution in [2.24, 2.45) is 5.84 Å². The number of anilines is 2. The third-order valence-electron chi connectivity index (χ3n) is 3.35. The highest BCUT2D eigenvalue weighted by atomic mass is 15.3. The van der Waals surface area contributed by atoms with Gasteiger partial charge in [-0.05, 0) is 20.8 Å². The van der Waals surface area contributed by atoms with Crippen molar-refractivity contribution in [2.75, 3.05) is 36.5 Å². The number of hydrogen-bond acceptors (Lipinski definition) is 6. The van der Waals surface area contributed by atoms with E-state index in [2.05, 4.69) is 46.0 Å². The second-order valence-corrected chi connectivity index (χ2v) is 5.55. The Morgan fingerprint density at radius 3 is 2.39 bits per heavy atom. The molecule has 1 saturated heterocycles. The summed E-state index contributed by atoms with van der Waals surface area (Å²) in [5, 5.41) is 0. The first-order valence-corrected chi connectivity index (χ1v) is 6.29. The largest absolute Gasteiger partial charge is 0.354 e. The van der Waals surface area contributed by atoms with Gasteiger partial charge in [-0.25, -0.2) is 15.8 Å². The Hall–Kier alpha value is -1.40. The Kier molecular flexibility index (Phi) is 3.68. The highest BCUT2D eigenvalue weighted by Crippen LogP contribution is 2.20. The fourth-order valence-electron chi connectivity index (χ4n) is 2.21. The smallest absolute Gasteiger partial charge is 0.145 e. The van der Waals surface area contributed by atoms with Crippen molar-refractivity contribution in [2.45, 2.75) is 26.3 Å². The molecule has 3 N–H and O–H groups in total. The summed E-state index contributed by atoms with van der Waals surface area (Å²) in [5.74, 6) is 6.95. The van der Waals surface area contributed by atoms with Crippen molar-refractivity contribution < 1.29 is 0 Å². The van der Waals surface area contributed by atoms with E-state index < -0.39 is 0 Å². The van der Waals surface area contributed by atoms with Gasteiger partial charge >= 0.3 is 0 Å². The van der Waals surface area contributed by atoms with E-state index in [1.165, 1.54) is 0 Å². The molecule has 0 spiro atoms. The number of rotatable bonds is 2. The van der Waals surface area contributed by atoms with Gasteiger partial charge in [0.1, 0.15) is 18.0 Å². The lowest BCUT2D eigenvalue weighted by Crippen LogP contribution is -2.53. The van der Waals surface area contributed by atoms with Crippen LogP contribution in [-0.4, -0.2) is 46.6 Å². The molecule has 0 atom stereocenters. The van der Waals surface area contributed by atoms with Crippen LogP contribution in [0.5, 0.6) is 0 Å². The molecule has 6 nitrogen and oxygen atoms in total. The zero-order chi connectivity index (χ0) is 13.2. The molecule has 1 fully saturated rings. The minimum atomic E-state index is 0.238. The van der Waals surface area contributed by atoms with Crippen molar-refractivity contribution in [3.63, 3.8) is 0 Å². The maximum absolute atomic E-state index is 5.36. The van der Waals surface area contributed by atoms with E-state index >= 15 is 0 Å². The van der Waals surface area contributed by atoms with Crippen molar-refractivity contribution in [1.82, 2.24) is 14.9 Å². The van der Waals surface area contributed by atoms with Crippen LogP contribution in [-0.2, 0) is 0 Å². The lowest BCUT2D eigenvalue weighted by molar-refractivity contribution is 0.128. The van der Waals surface area contributed by atoms with E-state index in [-0.39, 0.29) is 5.54 Å². The van der Waals surface area contributed by atoms with Gasteiger partial charge in [0, 0.05) is 37.8 Å². The number of hydrogen-bond donors (Lipinski definition) is 2. The van der Waals surface area contributed by atoms with Gasteiger partial charge in [-0.1, -0.05) is 0 Å². The van der Waals surface area contributed by atoms with Gasteiger partial charge in [0.05, 0.1) is 0 Å². The summed E-state index contributed by atoms with van der Waals surface area (Å²) < 4.78 is 0. The molecule has 0 amide bonds. The van der Waals surface area contributed by atoms with Crippen molar-refractivity contribution in [1.29, 1.82) is 0 Å². The SMILES string of the molecule is CC(C)(C)N1CCN(c2cc(NN)ncn2)CC1. The molecule has 100 valence electrons. The number of nitrogens with one attached hydrogen (secondary N) is 1. The molecule has 0 saturated carbocycles. The molecule has 1 aromatic heterocycles. The van der Waals surface area contributed by atoms with Gasteiger partial charge in [0.15, 0.2) is 0 Å². The predicted molar refractivity (Wildman–Crippen MR) is 73.4 cm³/mol. The van der Waals surface area contributed by atoms with Crippen LogP contribution in [0.4, 0.5) is 11.6 Å². The normalized spacial score (nSPS) is 17.9. The topological polar surface area (TPSA) is 70.3 Å². The van der Waals surface area contributed by atoms with Gasteiger partial charge in [-0.3, -0.25) is 4.90 Å². The maximum atomic E-state index is 5.36. The van der Waals surface area contributed by atoms with E-state index in [9.17, 15) is 0 Å². The van der Waals surface area contributed by atoms with Crippen LogP contribution < -0.4 is 16.2 Å². The molecule has 0 radical (unpaired) electrons. The van der Waals surface area contributed by atoms with Crippen LogP contribution in [0.3, 0.4) is 0 Å². The molecule has 2 rings (SSSR count). The Bertz CT molecular complexity index is 392. The summed E-state index contributed by atoms with van der Waals surface area (Å²) in [4.78, 5) is 13.1. The zero-order valence-corrected chi connectivity index (χ0v) is 11.3. The predicted octanol–water partition coefficient (Wildman–Crippen LogP) is 0.683. The monoisotopic (exact) mass is 250 g/mol. The molecular formula is C12H22N6. The van der Waals surface area contributed by atoms with E-state index in [0.717, 1.165) is 32.0 Å². The minimum absolute atomic E-state index is 0.238. The number of piperazine rings is 1. The Morgan fingerprint density at radius 1 is 1.17 bits per heavy atom. The third-order valence-corrected chi connectivity index (χ3v) is 3.35. The third kappa shape index (κ3) is 2.88. The van der Waals surface area contributed by atoms with Crippen LogP contribution in [0.2, 0.25) is 0 Å². The molecule has 18 heavy (non-hydrogen) atoms. The molecule has 0 aromatic carbocycles. The summed E-state index contributed by atoms with van der Waals surface area (Å²) in [7, 11) is 0. The van der Waals surface area contributed by atoms with Gasteiger partial charge in [0.25, 0.3) is 0 Å². The van der Waals surface area contributed by atoms with Crippen LogP contribution >= 0.6 is 0 Å². The summed E-state index contributed by atoms with van der Waals surface area (Å²) in [5.41, 5.74) is 2.79. The fraction of sp³-hybridized carbons (Fsp3) is 0.667. The molecule has 1 aromatic rings. The van der Waals surface area contributed by atoms with Gasteiger partial charge in [-0.2, -0.15) is 0 Å². The molecule has 0 aliphatic carbocycles. The standard InChI is InChI=1S/C12H22N6/c1-12(2,3)18-6-4-17(5-7-18)11-8-10(16-13)14-9-15-11/h8-9H,4-7,13H2,1-3H3,(H,14,15,16). The average Bonchev–Trinajstić information content (AvgIpc) is 2.38. The number of hydrazine groups is 1. The van der Waals surface area contributed by atoms with Crippen LogP contribution in [0.25, 0.3) is 0 Å². The summed E-state index contributed by atoms with van der Waals surface area (Å²) >= 11 is 0. The quantitative estimate of drug-likeness (QED) is 0.594. The molecular weight excluding hydrogens is 228 g/mol. The van der Waals surface area contributed by atoms with Crippen molar-refractivity contribution in [3.8, 4) is 0 Å². The van der Waals surface area contributed by atoms with Crippen LogP contribution in [0.1, 0.15) is 20.8 Å². The number of aromatic nitrogens is 2. The lowest BCUT2D eigenvalue weighted by Gasteiger charge is -2.42. The first kappa shape index (κ1) is 13.0. The summed E-state index contributed by atoms with van der Waals surface area (Å²) in [6.07, 6.45) is 1.54. The van der Waals surface area contributed by atoms with Crippen LogP contribution in [0, 0.1) is 0 Å². The Balaban J connectivity index is 2.01. The van der Waals surface area contributed by atoms with Crippen molar-refractivity contribution >= 4 is 11.6 Å². The van der Waals surface area contributed by atoms with Gasteiger partial charge < -0.3 is 10.3 Å². The number of nitrogen functional groups attached to an aromatic ring is 1. The first-order chi connectivity index (χ1) is 8.50. The minimum Gasteiger partial charge on any atom is -0.354 e. The van der Waals surface area contributed by atoms with E-state index in [1.54, 1.807) is 6.33 Å². The van der Waals surface area contributed by atoms with Gasteiger partial charge in [0.2, 0.25) is 0 Å². The number of nitrogens with zero attached hydrogens (tertiary/aromatic N) is 4. The second-order valence-electron chi connectivity index (χ2n) is 5.55. The van der Waals surface area contributed by atoms with Crippen molar-refractivity contribution in [3.05, 3.63) is 12.4 Å². The Labute approximate surface area is 108 Å². The van der Waals surface area contributed by atoms with E-state index in [4.69, 9.17) is 5.84 Å². The first-order valence-electron chi connectivity index (χ1n) is 6.29. The summed E-state index contributed by atoms with van der Waals surface area (Å²) in [6.45, 7) is 10.8. The second kappa shape index (κ2) is 5.07. The fourth-order valence-corrected chi connectivity index (χ4v) is 2.21. The average molecular weight is 250 g/mol. The Morgan fingerprint density at radius 2 is 1.83 bits per heavy atom. The van der Waals surface area contributed by atoms with Gasteiger partial charge in [-0.15, -0.1) is 0 Å². The molecule has 0 bridgehead atoms. The molecule has 2 heterocycles. The summed E-state index contributed by atoms with van der Waals surface area (Å²) in [6, 6.07) is 1.88. The maximum Gasteiger partial charge on any atom is 0.145 e. The molecule has 1 aliphatic heterocycles. The number of nitrogens with two attached hydrogens (primary N) is 1. The zero-order valence-electron chi connectivity index (χ0n) is 11.3. The lowest BCUT2D eigenvalue weighted by atomic mass is 10.1. The van der Waals surface area contributed by atoms with Crippen LogP contribution in [0.15, 0.2) is 12.4 Å². The molecule has 6 heteroatoms. The highest BCUT2D eigenvalue weighted by molar-refractivity contribution is 5.48.